The number of carbonyl (C=O) groups excluding carboxylic acids is 2. The van der Waals surface area contributed by atoms with E-state index < -0.39 is 5.97 Å². The van der Waals surface area contributed by atoms with Crippen LogP contribution in [0.4, 0.5) is 0 Å². The number of benzene rings is 2. The summed E-state index contributed by atoms with van der Waals surface area (Å²) in [6.45, 7) is 4.34. The van der Waals surface area contributed by atoms with E-state index in [-0.39, 0.29) is 5.78 Å². The highest BCUT2D eigenvalue weighted by atomic mass is 32.1. The molecule has 1 aliphatic carbocycles. The van der Waals surface area contributed by atoms with E-state index >= 15 is 0 Å². The van der Waals surface area contributed by atoms with Gasteiger partial charge in [-0.25, -0.2) is 4.79 Å². The number of rotatable bonds is 8. The first-order valence-corrected chi connectivity index (χ1v) is 13.3. The Bertz CT molecular complexity index is 1410. The van der Waals surface area contributed by atoms with Crippen LogP contribution in [0.25, 0.3) is 21.8 Å². The average molecular weight is 487 g/mol. The number of aryl methyl sites for hydroxylation is 1. The topological polar surface area (TPSA) is 60.7 Å². The summed E-state index contributed by atoms with van der Waals surface area (Å²) >= 11 is 1.46. The Kier molecular flexibility index (Phi) is 6.82. The Labute approximate surface area is 209 Å². The zero-order chi connectivity index (χ0) is 24.4. The highest BCUT2D eigenvalue weighted by Crippen LogP contribution is 2.33. The molecule has 0 amide bonds. The molecule has 2 aromatic heterocycles. The van der Waals surface area contributed by atoms with E-state index in [0.717, 1.165) is 57.3 Å². The molecular formula is C29H30N2O3S. The van der Waals surface area contributed by atoms with Gasteiger partial charge >= 0.3 is 5.97 Å². The minimum atomic E-state index is -0.413. The Morgan fingerprint density at radius 2 is 1.71 bits per heavy atom. The summed E-state index contributed by atoms with van der Waals surface area (Å²) in [4.78, 5) is 30.4. The van der Waals surface area contributed by atoms with Crippen LogP contribution in [0.1, 0.15) is 73.2 Å². The van der Waals surface area contributed by atoms with E-state index in [4.69, 9.17) is 4.84 Å². The van der Waals surface area contributed by atoms with E-state index in [1.807, 2.05) is 35.7 Å². The average Bonchev–Trinajstić information content (AvgIpc) is 3.63. The van der Waals surface area contributed by atoms with Crippen LogP contribution in [-0.2, 0) is 16.2 Å². The number of nitrogens with zero attached hydrogens (tertiary/aromatic N) is 2. The van der Waals surface area contributed by atoms with Crippen LogP contribution in [0.5, 0.6) is 0 Å². The largest absolute Gasteiger partial charge is 0.341 e. The maximum absolute atomic E-state index is 13.0. The minimum absolute atomic E-state index is 0.0455. The third kappa shape index (κ3) is 4.80. The molecule has 1 aliphatic rings. The van der Waals surface area contributed by atoms with Gasteiger partial charge in [0.2, 0.25) is 5.78 Å². The van der Waals surface area contributed by atoms with Gasteiger partial charge < -0.3 is 9.40 Å². The molecule has 5 rings (SSSR count). The van der Waals surface area contributed by atoms with Gasteiger partial charge in [0.25, 0.3) is 0 Å². The number of oxime groups is 1. The van der Waals surface area contributed by atoms with Crippen molar-refractivity contribution in [2.24, 2.45) is 11.1 Å². The fraction of sp³-hybridized carbons (Fsp3) is 0.345. The Morgan fingerprint density at radius 3 is 2.34 bits per heavy atom. The van der Waals surface area contributed by atoms with Crippen LogP contribution in [-0.4, -0.2) is 22.0 Å². The van der Waals surface area contributed by atoms with Crippen LogP contribution < -0.4 is 0 Å². The standard InChI is InChI=1S/C29H30N2O3S/c1-3-31-26-14-11-21(25(30-34-19(2)32)13-10-20-7-4-5-8-20)17-23(26)24-18-22(12-15-27(24)31)29(33)28-9-6-16-35-28/h6,9,11-12,14-18,20H,3-5,7-8,10,13H2,1-2H3/b30-25-. The first-order chi connectivity index (χ1) is 17.0. The summed E-state index contributed by atoms with van der Waals surface area (Å²) in [6.07, 6.45) is 6.97. The number of thiophene rings is 1. The van der Waals surface area contributed by atoms with Crippen molar-refractivity contribution in [1.29, 1.82) is 0 Å². The number of fused-ring (bicyclic) bond motifs is 3. The van der Waals surface area contributed by atoms with Crippen molar-refractivity contribution in [3.05, 3.63) is 69.9 Å². The summed E-state index contributed by atoms with van der Waals surface area (Å²) < 4.78 is 2.27. The van der Waals surface area contributed by atoms with Crippen LogP contribution in [0.2, 0.25) is 0 Å². The molecule has 2 aromatic carbocycles. The van der Waals surface area contributed by atoms with Gasteiger partial charge in [0, 0.05) is 46.4 Å². The third-order valence-corrected chi connectivity index (χ3v) is 7.94. The maximum Gasteiger partial charge on any atom is 0.331 e. The lowest BCUT2D eigenvalue weighted by Crippen LogP contribution is -2.07. The molecule has 0 N–H and O–H groups in total. The highest BCUT2D eigenvalue weighted by molar-refractivity contribution is 7.12. The normalized spacial score (nSPS) is 14.7. The number of carbonyl (C=O) groups is 2. The predicted molar refractivity (Wildman–Crippen MR) is 142 cm³/mol. The quantitative estimate of drug-likeness (QED) is 0.113. The third-order valence-electron chi connectivity index (χ3n) is 7.07. The van der Waals surface area contributed by atoms with E-state index in [2.05, 4.69) is 34.8 Å². The molecule has 180 valence electrons. The maximum atomic E-state index is 13.0. The molecule has 0 bridgehead atoms. The summed E-state index contributed by atoms with van der Waals surface area (Å²) in [5.41, 5.74) is 4.68. The fourth-order valence-corrected chi connectivity index (χ4v) is 6.00. The Balaban J connectivity index is 1.58. The smallest absolute Gasteiger partial charge is 0.331 e. The van der Waals surface area contributed by atoms with E-state index in [9.17, 15) is 9.59 Å². The monoisotopic (exact) mass is 486 g/mol. The summed E-state index contributed by atoms with van der Waals surface area (Å²) in [5, 5.41) is 8.31. The molecule has 0 unspecified atom stereocenters. The van der Waals surface area contributed by atoms with E-state index in [1.165, 1.54) is 43.9 Å². The van der Waals surface area contributed by atoms with Crippen LogP contribution >= 0.6 is 11.3 Å². The lowest BCUT2D eigenvalue weighted by Gasteiger charge is -2.11. The van der Waals surface area contributed by atoms with Crippen molar-refractivity contribution in [3.63, 3.8) is 0 Å². The molecule has 4 aromatic rings. The summed E-state index contributed by atoms with van der Waals surface area (Å²) in [6, 6.07) is 16.1. The van der Waals surface area contributed by atoms with Crippen LogP contribution in [0, 0.1) is 5.92 Å². The number of ketones is 1. The number of aromatic nitrogens is 1. The molecular weight excluding hydrogens is 456 g/mol. The zero-order valence-electron chi connectivity index (χ0n) is 20.3. The minimum Gasteiger partial charge on any atom is -0.341 e. The lowest BCUT2D eigenvalue weighted by atomic mass is 9.96. The van der Waals surface area contributed by atoms with Crippen molar-refractivity contribution in [1.82, 2.24) is 4.57 Å². The van der Waals surface area contributed by atoms with Gasteiger partial charge in [-0.15, -0.1) is 11.3 Å². The summed E-state index contributed by atoms with van der Waals surface area (Å²) in [5.74, 6) is 0.349. The molecule has 0 aliphatic heterocycles. The van der Waals surface area contributed by atoms with Gasteiger partial charge in [0.1, 0.15) is 0 Å². The van der Waals surface area contributed by atoms with Crippen molar-refractivity contribution in [2.75, 3.05) is 0 Å². The predicted octanol–water partition coefficient (Wildman–Crippen LogP) is 7.34. The zero-order valence-corrected chi connectivity index (χ0v) is 21.1. The SMILES string of the molecule is CCn1c2ccc(C(=O)c3cccs3)cc2c2cc(/C(CCC3CCCC3)=N\OC(C)=O)ccc21. The molecule has 1 fully saturated rings. The van der Waals surface area contributed by atoms with Crippen molar-refractivity contribution < 1.29 is 14.4 Å². The second-order valence-corrected chi connectivity index (χ2v) is 10.3. The van der Waals surface area contributed by atoms with Gasteiger partial charge in [0.05, 0.1) is 10.6 Å². The highest BCUT2D eigenvalue weighted by Gasteiger charge is 2.19. The van der Waals surface area contributed by atoms with Crippen molar-refractivity contribution >= 4 is 50.6 Å². The molecule has 1 saturated carbocycles. The Hall–Kier alpha value is -3.25. The second-order valence-electron chi connectivity index (χ2n) is 9.32. The fourth-order valence-electron chi connectivity index (χ4n) is 5.32. The van der Waals surface area contributed by atoms with Gasteiger partial charge in [-0.2, -0.15) is 0 Å². The van der Waals surface area contributed by atoms with Crippen molar-refractivity contribution in [3.8, 4) is 0 Å². The van der Waals surface area contributed by atoms with Crippen molar-refractivity contribution in [2.45, 2.75) is 58.9 Å². The first kappa shape index (κ1) is 23.5. The second kappa shape index (κ2) is 10.2. The van der Waals surface area contributed by atoms with Crippen LogP contribution in [0.15, 0.2) is 59.1 Å². The molecule has 2 heterocycles. The van der Waals surface area contributed by atoms with Gasteiger partial charge in [-0.3, -0.25) is 4.79 Å². The molecule has 6 heteroatoms. The van der Waals surface area contributed by atoms with E-state index in [0.29, 0.717) is 11.5 Å². The van der Waals surface area contributed by atoms with Gasteiger partial charge in [0.15, 0.2) is 0 Å². The summed E-state index contributed by atoms with van der Waals surface area (Å²) in [7, 11) is 0. The molecule has 0 saturated heterocycles. The molecule has 0 spiro atoms. The molecule has 5 nitrogen and oxygen atoms in total. The molecule has 35 heavy (non-hydrogen) atoms. The number of hydrogen-bond donors (Lipinski definition) is 0. The molecule has 0 atom stereocenters. The first-order valence-electron chi connectivity index (χ1n) is 12.4. The van der Waals surface area contributed by atoms with Crippen LogP contribution in [0.3, 0.4) is 0 Å². The molecule has 0 radical (unpaired) electrons. The Morgan fingerprint density at radius 1 is 1.03 bits per heavy atom. The van der Waals surface area contributed by atoms with Gasteiger partial charge in [-0.1, -0.05) is 43.0 Å². The number of hydrogen-bond acceptors (Lipinski definition) is 5. The lowest BCUT2D eigenvalue weighted by molar-refractivity contribution is -0.140. The van der Waals surface area contributed by atoms with Gasteiger partial charge in [-0.05, 0) is 67.5 Å². The van der Waals surface area contributed by atoms with E-state index in [1.54, 1.807) is 0 Å².